The van der Waals surface area contributed by atoms with Gasteiger partial charge in [0.15, 0.2) is 10.8 Å². The van der Waals surface area contributed by atoms with Gasteiger partial charge in [0.05, 0.1) is 11.4 Å². The second-order valence-corrected chi connectivity index (χ2v) is 8.88. The Kier molecular flexibility index (Phi) is 6.18. The molecule has 0 spiro atoms. The van der Waals surface area contributed by atoms with Gasteiger partial charge in [-0.05, 0) is 19.8 Å². The average molecular weight is 435 g/mol. The van der Waals surface area contributed by atoms with Crippen molar-refractivity contribution in [3.8, 4) is 0 Å². The summed E-state index contributed by atoms with van der Waals surface area (Å²) in [6.45, 7) is 7.94. The Labute approximate surface area is 175 Å². The third kappa shape index (κ3) is 4.56. The van der Waals surface area contributed by atoms with E-state index >= 15 is 0 Å². The zero-order valence-corrected chi connectivity index (χ0v) is 18.5. The summed E-state index contributed by atoms with van der Waals surface area (Å²) in [5, 5.41) is 5.75. The smallest absolute Gasteiger partial charge is 0.301 e. The first-order valence-electron chi connectivity index (χ1n) is 9.00. The summed E-state index contributed by atoms with van der Waals surface area (Å²) < 4.78 is 2.56. The number of rotatable bonds is 6. The molecule has 0 aliphatic heterocycles. The fourth-order valence-electron chi connectivity index (χ4n) is 2.78. The van der Waals surface area contributed by atoms with Crippen LogP contribution in [0.5, 0.6) is 0 Å². The summed E-state index contributed by atoms with van der Waals surface area (Å²) in [7, 11) is 1.44. The molecule has 0 saturated carbocycles. The first kappa shape index (κ1) is 21.2. The maximum Gasteiger partial charge on any atom is 0.332 e. The Hall–Kier alpha value is -2.53. The number of thiazole rings is 1. The summed E-state index contributed by atoms with van der Waals surface area (Å²) in [5.41, 5.74) is 0.255. The van der Waals surface area contributed by atoms with Crippen molar-refractivity contribution in [2.75, 3.05) is 11.1 Å². The molecule has 11 heteroatoms. The zero-order chi connectivity index (χ0) is 21.3. The van der Waals surface area contributed by atoms with Crippen molar-refractivity contribution < 1.29 is 4.79 Å². The number of nitrogens with zero attached hydrogens (tertiary/aromatic N) is 5. The Balaban J connectivity index is 1.99. The van der Waals surface area contributed by atoms with Crippen LogP contribution >= 0.6 is 23.1 Å². The molecule has 154 valence electrons. The Morgan fingerprint density at radius 1 is 1.24 bits per heavy atom. The maximum atomic E-state index is 12.8. The van der Waals surface area contributed by atoms with Gasteiger partial charge in [0.1, 0.15) is 16.2 Å². The lowest BCUT2D eigenvalue weighted by Gasteiger charge is -2.15. The van der Waals surface area contributed by atoms with Crippen LogP contribution in [0.3, 0.4) is 0 Å². The van der Waals surface area contributed by atoms with Crippen LogP contribution in [0.25, 0.3) is 11.0 Å². The van der Waals surface area contributed by atoms with Crippen LogP contribution in [0, 0.1) is 19.8 Å². The fourth-order valence-corrected chi connectivity index (χ4v) is 4.34. The number of aryl methyl sites for hydroxylation is 2. The van der Waals surface area contributed by atoms with Crippen LogP contribution in [0.4, 0.5) is 5.13 Å². The monoisotopic (exact) mass is 434 g/mol. The second-order valence-electron chi connectivity index (χ2n) is 7.06. The van der Waals surface area contributed by atoms with Gasteiger partial charge in [0.2, 0.25) is 5.91 Å². The van der Waals surface area contributed by atoms with Crippen LogP contribution in [-0.2, 0) is 18.4 Å². The van der Waals surface area contributed by atoms with Crippen molar-refractivity contribution in [2.45, 2.75) is 39.3 Å². The van der Waals surface area contributed by atoms with E-state index in [1.807, 2.05) is 26.2 Å². The van der Waals surface area contributed by atoms with E-state index in [2.05, 4.69) is 20.3 Å². The molecule has 0 saturated heterocycles. The van der Waals surface area contributed by atoms with Gasteiger partial charge >= 0.3 is 5.69 Å². The van der Waals surface area contributed by atoms with Gasteiger partial charge in [-0.3, -0.25) is 18.7 Å². The van der Waals surface area contributed by atoms with E-state index in [0.29, 0.717) is 28.2 Å². The fraction of sp³-hybridized carbons (Fsp3) is 0.444. The number of fused-ring (bicyclic) bond motifs is 1. The highest BCUT2D eigenvalue weighted by Gasteiger charge is 2.19. The molecular weight excluding hydrogens is 412 g/mol. The topological polar surface area (TPSA) is 112 Å². The molecule has 0 atom stereocenters. The first-order chi connectivity index (χ1) is 13.7. The van der Waals surface area contributed by atoms with E-state index in [-0.39, 0.29) is 23.0 Å². The molecule has 0 fully saturated rings. The van der Waals surface area contributed by atoms with Gasteiger partial charge in [-0.2, -0.15) is 0 Å². The number of anilines is 1. The van der Waals surface area contributed by atoms with Gasteiger partial charge < -0.3 is 5.32 Å². The number of carbonyl (C=O) groups is 1. The molecule has 3 aromatic rings. The molecule has 0 bridgehead atoms. The third-order valence-electron chi connectivity index (χ3n) is 4.01. The lowest BCUT2D eigenvalue weighted by Crippen LogP contribution is -2.39. The molecule has 1 amide bonds. The van der Waals surface area contributed by atoms with Gasteiger partial charge in [-0.1, -0.05) is 25.6 Å². The minimum absolute atomic E-state index is 0.0522. The van der Waals surface area contributed by atoms with E-state index in [9.17, 15) is 14.4 Å². The average Bonchev–Trinajstić information content (AvgIpc) is 3.05. The number of amides is 1. The predicted molar refractivity (Wildman–Crippen MR) is 115 cm³/mol. The van der Waals surface area contributed by atoms with Gasteiger partial charge in [-0.15, -0.1) is 11.3 Å². The van der Waals surface area contributed by atoms with Crippen LogP contribution in [0.15, 0.2) is 20.0 Å². The summed E-state index contributed by atoms with van der Waals surface area (Å²) >= 11 is 2.49. The summed E-state index contributed by atoms with van der Waals surface area (Å²) in [6.07, 6.45) is 0. The van der Waals surface area contributed by atoms with Crippen LogP contribution in [-0.4, -0.2) is 35.7 Å². The molecule has 0 radical (unpaired) electrons. The molecule has 0 aliphatic carbocycles. The highest BCUT2D eigenvalue weighted by molar-refractivity contribution is 8.00. The van der Waals surface area contributed by atoms with E-state index in [1.54, 1.807) is 6.92 Å². The number of carbonyl (C=O) groups excluding carboxylic acids is 1. The number of hydrogen-bond acceptors (Lipinski definition) is 8. The van der Waals surface area contributed by atoms with Gasteiger partial charge in [-0.25, -0.2) is 19.7 Å². The Bertz CT molecular complexity index is 1190. The number of hydrogen-bond donors (Lipinski definition) is 1. The molecule has 3 aromatic heterocycles. The lowest BCUT2D eigenvalue weighted by atomic mass is 10.2. The van der Waals surface area contributed by atoms with Crippen molar-refractivity contribution in [1.82, 2.24) is 24.1 Å². The van der Waals surface area contributed by atoms with E-state index in [0.717, 1.165) is 22.0 Å². The number of nitrogens with one attached hydrogen (secondary N) is 1. The number of aromatic nitrogens is 5. The van der Waals surface area contributed by atoms with Crippen LogP contribution < -0.4 is 16.6 Å². The standard InChI is InChI=1S/C18H22N6O3S2/c1-9(2)6-24-14-13(16(26)23(5)18(24)27)15(21-11(4)20-14)28-8-12(25)22-17-19-10(3)7-29-17/h7,9H,6,8H2,1-5H3,(H,19,22,25). The maximum absolute atomic E-state index is 12.8. The van der Waals surface area contributed by atoms with Crippen molar-refractivity contribution >= 4 is 45.2 Å². The quantitative estimate of drug-likeness (QED) is 0.466. The molecule has 0 unspecified atom stereocenters. The summed E-state index contributed by atoms with van der Waals surface area (Å²) in [6, 6.07) is 0. The van der Waals surface area contributed by atoms with Crippen LogP contribution in [0.1, 0.15) is 25.4 Å². The Morgan fingerprint density at radius 3 is 2.59 bits per heavy atom. The van der Waals surface area contributed by atoms with E-state index < -0.39 is 11.2 Å². The summed E-state index contributed by atoms with van der Waals surface area (Å²) in [5.74, 6) is 0.422. The Morgan fingerprint density at radius 2 is 1.97 bits per heavy atom. The van der Waals surface area contributed by atoms with Crippen LogP contribution in [0.2, 0.25) is 0 Å². The molecular formula is C18H22N6O3S2. The SMILES string of the molecule is Cc1csc(NC(=O)CSc2nc(C)nc3c2c(=O)n(C)c(=O)n3CC(C)C)n1. The zero-order valence-electron chi connectivity index (χ0n) is 16.8. The number of thioether (sulfide) groups is 1. The van der Waals surface area contributed by atoms with E-state index in [1.165, 1.54) is 23.0 Å². The lowest BCUT2D eigenvalue weighted by molar-refractivity contribution is -0.113. The third-order valence-corrected chi connectivity index (χ3v) is 5.86. The van der Waals surface area contributed by atoms with Gasteiger partial charge in [0.25, 0.3) is 5.56 Å². The molecule has 0 aliphatic rings. The molecule has 3 heterocycles. The van der Waals surface area contributed by atoms with Crippen molar-refractivity contribution in [1.29, 1.82) is 0 Å². The molecule has 0 aromatic carbocycles. The predicted octanol–water partition coefficient (Wildman–Crippen LogP) is 1.95. The largest absolute Gasteiger partial charge is 0.332 e. The minimum atomic E-state index is -0.469. The molecule has 29 heavy (non-hydrogen) atoms. The normalized spacial score (nSPS) is 11.4. The van der Waals surface area contributed by atoms with Crippen molar-refractivity contribution in [2.24, 2.45) is 13.0 Å². The molecule has 3 rings (SSSR count). The van der Waals surface area contributed by atoms with Gasteiger partial charge in [0, 0.05) is 19.0 Å². The highest BCUT2D eigenvalue weighted by atomic mass is 32.2. The molecule has 1 N–H and O–H groups in total. The highest BCUT2D eigenvalue weighted by Crippen LogP contribution is 2.23. The van der Waals surface area contributed by atoms with E-state index in [4.69, 9.17) is 0 Å². The first-order valence-corrected chi connectivity index (χ1v) is 10.9. The minimum Gasteiger partial charge on any atom is -0.301 e. The van der Waals surface area contributed by atoms with Crippen molar-refractivity contribution in [3.05, 3.63) is 37.7 Å². The van der Waals surface area contributed by atoms with Crippen molar-refractivity contribution in [3.63, 3.8) is 0 Å². The summed E-state index contributed by atoms with van der Waals surface area (Å²) in [4.78, 5) is 50.7. The second kappa shape index (κ2) is 8.46. The molecule has 9 nitrogen and oxygen atoms in total.